The van der Waals surface area contributed by atoms with Crippen molar-refractivity contribution in [3.63, 3.8) is 0 Å². The van der Waals surface area contributed by atoms with Crippen molar-refractivity contribution >= 4 is 33.0 Å². The topological polar surface area (TPSA) is 83.6 Å². The Hall–Kier alpha value is -2.67. The molecule has 1 aliphatic rings. The minimum absolute atomic E-state index is 0.0550. The number of rotatable bonds is 5. The number of hydrogen-bond donors (Lipinski definition) is 1. The zero-order chi connectivity index (χ0) is 18.7. The van der Waals surface area contributed by atoms with E-state index in [-0.39, 0.29) is 41.8 Å². The van der Waals surface area contributed by atoms with Gasteiger partial charge in [0.05, 0.1) is 22.0 Å². The quantitative estimate of drug-likeness (QED) is 0.874. The van der Waals surface area contributed by atoms with E-state index in [0.29, 0.717) is 11.4 Å². The van der Waals surface area contributed by atoms with Crippen LogP contribution in [0.5, 0.6) is 0 Å². The summed E-state index contributed by atoms with van der Waals surface area (Å²) in [5.41, 5.74) is 2.21. The number of nitrogens with zero attached hydrogens (tertiary/aromatic N) is 1. The molecule has 3 rings (SSSR count). The minimum atomic E-state index is -3.42. The second-order valence-corrected chi connectivity index (χ2v) is 8.39. The highest BCUT2D eigenvalue weighted by molar-refractivity contribution is 7.91. The smallest absolute Gasteiger partial charge is 0.244 e. The van der Waals surface area contributed by atoms with Crippen LogP contribution in [0.2, 0.25) is 0 Å². The number of benzene rings is 2. The first kappa shape index (κ1) is 18.1. The summed E-state index contributed by atoms with van der Waals surface area (Å²) in [6, 6.07) is 13.7. The molecule has 0 atom stereocenters. The maximum absolute atomic E-state index is 12.5. The lowest BCUT2D eigenvalue weighted by molar-refractivity contribution is -0.121. The van der Waals surface area contributed by atoms with E-state index in [1.54, 1.807) is 48.5 Å². The summed E-state index contributed by atoms with van der Waals surface area (Å²) in [4.78, 5) is 26.0. The molecule has 1 N–H and O–H groups in total. The maximum atomic E-state index is 12.5. The summed E-state index contributed by atoms with van der Waals surface area (Å²) < 4.78 is 24.7. The molecule has 1 heterocycles. The van der Waals surface area contributed by atoms with Crippen LogP contribution in [0.25, 0.3) is 0 Å². The van der Waals surface area contributed by atoms with Crippen molar-refractivity contribution in [1.82, 2.24) is 0 Å². The van der Waals surface area contributed by atoms with E-state index < -0.39 is 9.84 Å². The van der Waals surface area contributed by atoms with E-state index >= 15 is 0 Å². The highest BCUT2D eigenvalue weighted by atomic mass is 32.2. The van der Waals surface area contributed by atoms with Gasteiger partial charge in [-0.15, -0.1) is 0 Å². The molecule has 0 bridgehead atoms. The number of para-hydroxylation sites is 2. The Balaban J connectivity index is 1.64. The average Bonchev–Trinajstić information content (AvgIpc) is 2.61. The van der Waals surface area contributed by atoms with Gasteiger partial charge >= 0.3 is 0 Å². The summed E-state index contributed by atoms with van der Waals surface area (Å²) in [5, 5.41) is 2.72. The zero-order valence-electron chi connectivity index (χ0n) is 14.4. The van der Waals surface area contributed by atoms with Gasteiger partial charge in [0.15, 0.2) is 9.84 Å². The number of hydrogen-bond acceptors (Lipinski definition) is 4. The fourth-order valence-corrected chi connectivity index (χ4v) is 4.18. The molecule has 0 aliphatic carbocycles. The lowest BCUT2D eigenvalue weighted by atomic mass is 10.1. The minimum Gasteiger partial charge on any atom is -0.323 e. The number of amides is 2. The third-order valence-electron chi connectivity index (χ3n) is 4.26. The van der Waals surface area contributed by atoms with Crippen molar-refractivity contribution in [1.29, 1.82) is 0 Å². The van der Waals surface area contributed by atoms with E-state index in [1.807, 2.05) is 6.92 Å². The molecule has 1 aliphatic heterocycles. The van der Waals surface area contributed by atoms with Crippen LogP contribution in [0.1, 0.15) is 18.4 Å². The van der Waals surface area contributed by atoms with Crippen LogP contribution in [0, 0.1) is 6.92 Å². The van der Waals surface area contributed by atoms with Crippen molar-refractivity contribution < 1.29 is 18.0 Å². The fraction of sp³-hybridized carbons (Fsp3) is 0.263. The third-order valence-corrected chi connectivity index (χ3v) is 6.07. The van der Waals surface area contributed by atoms with Gasteiger partial charge < -0.3 is 10.2 Å². The van der Waals surface area contributed by atoms with Gasteiger partial charge in [-0.2, -0.15) is 0 Å². The van der Waals surface area contributed by atoms with Gasteiger partial charge in [0, 0.05) is 6.42 Å². The summed E-state index contributed by atoms with van der Waals surface area (Å²) in [6.07, 6.45) is 0.266. The van der Waals surface area contributed by atoms with Crippen molar-refractivity contribution in [3.8, 4) is 0 Å². The Labute approximate surface area is 152 Å². The molecular formula is C19H20N2O4S. The largest absolute Gasteiger partial charge is 0.323 e. The number of sulfone groups is 1. The van der Waals surface area contributed by atoms with E-state index in [1.165, 1.54) is 4.90 Å². The Morgan fingerprint density at radius 1 is 1.12 bits per heavy atom. The summed E-state index contributed by atoms with van der Waals surface area (Å²) in [7, 11) is -3.42. The van der Waals surface area contributed by atoms with Crippen LogP contribution < -0.4 is 10.2 Å². The molecule has 2 aromatic carbocycles. The number of carbonyl (C=O) groups is 2. The Bertz CT molecular complexity index is 936. The first-order valence-corrected chi connectivity index (χ1v) is 10.0. The first-order chi connectivity index (χ1) is 12.4. The predicted octanol–water partition coefficient (Wildman–Crippen LogP) is 2.53. The van der Waals surface area contributed by atoms with Crippen molar-refractivity contribution in [3.05, 3.63) is 54.1 Å². The second-order valence-electron chi connectivity index (χ2n) is 6.28. The molecule has 136 valence electrons. The highest BCUT2D eigenvalue weighted by Crippen LogP contribution is 2.29. The second kappa shape index (κ2) is 7.29. The lowest BCUT2D eigenvalue weighted by Gasteiger charge is -2.29. The van der Waals surface area contributed by atoms with E-state index in [0.717, 1.165) is 5.56 Å². The standard InChI is InChI=1S/C19H20N2O4S/c1-14-8-10-15(11-9-14)26(24,25)12-4-7-19(23)21-13-18(22)20-16-5-2-3-6-17(16)21/h2-3,5-6,8-11H,4,7,12-13H2,1H3,(H,20,22). The summed E-state index contributed by atoms with van der Waals surface area (Å²) in [5.74, 6) is -0.625. The van der Waals surface area contributed by atoms with Crippen molar-refractivity contribution in [2.24, 2.45) is 0 Å². The third kappa shape index (κ3) is 3.94. The Morgan fingerprint density at radius 3 is 2.54 bits per heavy atom. The molecule has 0 fully saturated rings. The van der Waals surface area contributed by atoms with Crippen LogP contribution in [-0.4, -0.2) is 32.5 Å². The molecule has 7 heteroatoms. The molecule has 0 radical (unpaired) electrons. The van der Waals surface area contributed by atoms with Gasteiger partial charge in [-0.25, -0.2) is 8.42 Å². The Morgan fingerprint density at radius 2 is 1.81 bits per heavy atom. The first-order valence-electron chi connectivity index (χ1n) is 8.35. The van der Waals surface area contributed by atoms with E-state index in [9.17, 15) is 18.0 Å². The summed E-state index contributed by atoms with van der Waals surface area (Å²) >= 11 is 0. The molecule has 0 aromatic heterocycles. The van der Waals surface area contributed by atoms with Gasteiger partial charge in [-0.1, -0.05) is 29.8 Å². The van der Waals surface area contributed by atoms with Crippen LogP contribution in [-0.2, 0) is 19.4 Å². The number of anilines is 2. The molecule has 0 spiro atoms. The number of carbonyl (C=O) groups excluding carboxylic acids is 2. The van der Waals surface area contributed by atoms with Gasteiger partial charge in [-0.05, 0) is 37.6 Å². The number of aryl methyl sites for hydroxylation is 1. The maximum Gasteiger partial charge on any atom is 0.244 e. The van der Waals surface area contributed by atoms with Crippen molar-refractivity contribution in [2.45, 2.75) is 24.7 Å². The number of nitrogens with one attached hydrogen (secondary N) is 1. The van der Waals surface area contributed by atoms with Gasteiger partial charge in [0.1, 0.15) is 6.54 Å². The van der Waals surface area contributed by atoms with Gasteiger partial charge in [-0.3, -0.25) is 9.59 Å². The highest BCUT2D eigenvalue weighted by Gasteiger charge is 2.26. The Kier molecular flexibility index (Phi) is 5.08. The van der Waals surface area contributed by atoms with Gasteiger partial charge in [0.25, 0.3) is 0 Å². The zero-order valence-corrected chi connectivity index (χ0v) is 15.3. The van der Waals surface area contributed by atoms with Crippen LogP contribution in [0.4, 0.5) is 11.4 Å². The monoisotopic (exact) mass is 372 g/mol. The van der Waals surface area contributed by atoms with Crippen molar-refractivity contribution in [2.75, 3.05) is 22.5 Å². The molecule has 6 nitrogen and oxygen atoms in total. The SMILES string of the molecule is Cc1ccc(S(=O)(=O)CCCC(=O)N2CC(=O)Nc3ccccc32)cc1. The molecule has 26 heavy (non-hydrogen) atoms. The van der Waals surface area contributed by atoms with E-state index in [2.05, 4.69) is 5.32 Å². The molecular weight excluding hydrogens is 352 g/mol. The lowest BCUT2D eigenvalue weighted by Crippen LogP contribution is -2.42. The molecule has 2 amide bonds. The van der Waals surface area contributed by atoms with Crippen LogP contribution in [0.3, 0.4) is 0 Å². The summed E-state index contributed by atoms with van der Waals surface area (Å²) in [6.45, 7) is 1.84. The fourth-order valence-electron chi connectivity index (χ4n) is 2.87. The van der Waals surface area contributed by atoms with Crippen LogP contribution in [0.15, 0.2) is 53.4 Å². The number of fused-ring (bicyclic) bond motifs is 1. The van der Waals surface area contributed by atoms with Gasteiger partial charge in [0.2, 0.25) is 11.8 Å². The van der Waals surface area contributed by atoms with Crippen LogP contribution >= 0.6 is 0 Å². The molecule has 0 saturated carbocycles. The predicted molar refractivity (Wildman–Crippen MR) is 99.9 cm³/mol. The molecule has 0 unspecified atom stereocenters. The molecule has 0 saturated heterocycles. The molecule has 2 aromatic rings. The van der Waals surface area contributed by atoms with E-state index in [4.69, 9.17) is 0 Å². The normalized spacial score (nSPS) is 13.9. The average molecular weight is 372 g/mol.